The number of aromatic nitrogens is 1. The van der Waals surface area contributed by atoms with Gasteiger partial charge in [-0.1, -0.05) is 11.2 Å². The van der Waals surface area contributed by atoms with Gasteiger partial charge < -0.3 is 9.61 Å². The molecule has 82 valence electrons. The molecule has 0 saturated heterocycles. The van der Waals surface area contributed by atoms with Crippen molar-refractivity contribution in [2.75, 3.05) is 0 Å². The van der Waals surface area contributed by atoms with E-state index in [1.165, 1.54) is 16.8 Å². The summed E-state index contributed by atoms with van der Waals surface area (Å²) in [7, 11) is 0. The molecule has 0 radical (unpaired) electrons. The fourth-order valence-electron chi connectivity index (χ4n) is 2.73. The molecule has 0 spiro atoms. The van der Waals surface area contributed by atoms with E-state index in [1.807, 2.05) is 12.1 Å². The van der Waals surface area contributed by atoms with Crippen molar-refractivity contribution in [2.24, 2.45) is 5.16 Å². The molecule has 0 saturated carbocycles. The summed E-state index contributed by atoms with van der Waals surface area (Å²) in [6.07, 6.45) is 5.09. The van der Waals surface area contributed by atoms with E-state index in [1.54, 1.807) is 0 Å². The lowest BCUT2D eigenvalue weighted by molar-refractivity contribution is 0.317. The van der Waals surface area contributed by atoms with Crippen LogP contribution in [0.4, 0.5) is 0 Å². The van der Waals surface area contributed by atoms with Crippen LogP contribution in [0.15, 0.2) is 29.6 Å². The fraction of sp³-hybridized carbons (Fsp3) is 0.308. The Balaban J connectivity index is 2.42. The van der Waals surface area contributed by atoms with Gasteiger partial charge in [0, 0.05) is 23.0 Å². The van der Waals surface area contributed by atoms with Crippen LogP contribution in [-0.4, -0.2) is 15.3 Å². The van der Waals surface area contributed by atoms with Gasteiger partial charge in [0.15, 0.2) is 0 Å². The monoisotopic (exact) mass is 214 g/mol. The lowest BCUT2D eigenvalue weighted by Crippen LogP contribution is -2.12. The first kappa shape index (κ1) is 9.46. The van der Waals surface area contributed by atoms with Crippen LogP contribution in [-0.2, 0) is 6.42 Å². The van der Waals surface area contributed by atoms with E-state index < -0.39 is 0 Å². The summed E-state index contributed by atoms with van der Waals surface area (Å²) in [5.74, 6) is 0. The molecule has 16 heavy (non-hydrogen) atoms. The quantitative estimate of drug-likeness (QED) is 0.531. The van der Waals surface area contributed by atoms with Gasteiger partial charge >= 0.3 is 0 Å². The molecular weight excluding hydrogens is 200 g/mol. The van der Waals surface area contributed by atoms with Crippen LogP contribution in [0.5, 0.6) is 0 Å². The molecule has 1 aliphatic carbocycles. The van der Waals surface area contributed by atoms with Crippen molar-refractivity contribution < 1.29 is 5.21 Å². The molecule has 0 bridgehead atoms. The van der Waals surface area contributed by atoms with Gasteiger partial charge in [-0.25, -0.2) is 0 Å². The number of aryl methyl sites for hydroxylation is 2. The number of hydrogen-bond donors (Lipinski definition) is 1. The summed E-state index contributed by atoms with van der Waals surface area (Å²) >= 11 is 0. The van der Waals surface area contributed by atoms with Gasteiger partial charge in [0.2, 0.25) is 0 Å². The maximum Gasteiger partial charge on any atom is 0.0889 e. The predicted molar refractivity (Wildman–Crippen MR) is 63.4 cm³/mol. The van der Waals surface area contributed by atoms with Crippen LogP contribution in [0.25, 0.3) is 5.52 Å². The molecule has 1 N–H and O–H groups in total. The maximum absolute atomic E-state index is 9.07. The molecule has 3 heteroatoms. The third kappa shape index (κ3) is 1.11. The molecule has 2 aromatic rings. The fourth-order valence-corrected chi connectivity index (χ4v) is 2.73. The minimum absolute atomic E-state index is 0.836. The zero-order valence-electron chi connectivity index (χ0n) is 9.27. The van der Waals surface area contributed by atoms with Gasteiger partial charge in [-0.3, -0.25) is 0 Å². The van der Waals surface area contributed by atoms with E-state index in [2.05, 4.69) is 28.7 Å². The lowest BCUT2D eigenvalue weighted by atomic mass is 9.93. The molecular formula is C13H14N2O. The standard InChI is InChI=1S/C13H14N2O/c1-9-11-6-2-3-8-15(11)12-7-4-5-10(14-16)13(9)12/h2-3,6,8,16H,4-5,7H2,1H3. The Morgan fingerprint density at radius 1 is 1.31 bits per heavy atom. The Labute approximate surface area is 94.0 Å². The van der Waals surface area contributed by atoms with E-state index in [9.17, 15) is 0 Å². The van der Waals surface area contributed by atoms with Crippen molar-refractivity contribution in [1.29, 1.82) is 0 Å². The Kier molecular flexibility index (Phi) is 1.99. The summed E-state index contributed by atoms with van der Waals surface area (Å²) in [4.78, 5) is 0. The molecule has 0 aliphatic heterocycles. The molecule has 0 fully saturated rings. The van der Waals surface area contributed by atoms with Gasteiger partial charge in [-0.05, 0) is 43.9 Å². The van der Waals surface area contributed by atoms with Crippen molar-refractivity contribution in [3.63, 3.8) is 0 Å². The molecule has 0 amide bonds. The Morgan fingerprint density at radius 3 is 3.00 bits per heavy atom. The molecule has 2 heterocycles. The van der Waals surface area contributed by atoms with Crippen molar-refractivity contribution in [3.8, 4) is 0 Å². The van der Waals surface area contributed by atoms with Crippen molar-refractivity contribution in [3.05, 3.63) is 41.2 Å². The predicted octanol–water partition coefficient (Wildman–Crippen LogP) is 2.76. The van der Waals surface area contributed by atoms with Crippen molar-refractivity contribution in [2.45, 2.75) is 26.2 Å². The maximum atomic E-state index is 9.07. The summed E-state index contributed by atoms with van der Waals surface area (Å²) in [6.45, 7) is 2.10. The molecule has 0 atom stereocenters. The van der Waals surface area contributed by atoms with Crippen molar-refractivity contribution in [1.82, 2.24) is 4.40 Å². The van der Waals surface area contributed by atoms with E-state index in [0.717, 1.165) is 30.5 Å². The first-order valence-corrected chi connectivity index (χ1v) is 5.62. The van der Waals surface area contributed by atoms with Crippen LogP contribution in [0.3, 0.4) is 0 Å². The normalized spacial score (nSPS) is 17.9. The summed E-state index contributed by atoms with van der Waals surface area (Å²) in [5, 5.41) is 12.5. The molecule has 2 aromatic heterocycles. The number of nitrogens with zero attached hydrogens (tertiary/aromatic N) is 2. The molecule has 0 aromatic carbocycles. The minimum Gasteiger partial charge on any atom is -0.411 e. The second kappa shape index (κ2) is 3.37. The average molecular weight is 214 g/mol. The second-order valence-corrected chi connectivity index (χ2v) is 4.30. The van der Waals surface area contributed by atoms with Gasteiger partial charge in [0.1, 0.15) is 0 Å². The van der Waals surface area contributed by atoms with Gasteiger partial charge in [0.05, 0.1) is 5.71 Å². The molecule has 3 rings (SSSR count). The molecule has 1 aliphatic rings. The highest BCUT2D eigenvalue weighted by atomic mass is 16.4. The number of rotatable bonds is 0. The highest BCUT2D eigenvalue weighted by molar-refractivity contribution is 6.05. The van der Waals surface area contributed by atoms with Crippen LogP contribution < -0.4 is 0 Å². The second-order valence-electron chi connectivity index (χ2n) is 4.30. The first-order chi connectivity index (χ1) is 7.83. The van der Waals surface area contributed by atoms with Crippen LogP contribution >= 0.6 is 0 Å². The Bertz CT molecular complexity index is 581. The van der Waals surface area contributed by atoms with Crippen molar-refractivity contribution >= 4 is 11.2 Å². The number of hydrogen-bond acceptors (Lipinski definition) is 2. The smallest absolute Gasteiger partial charge is 0.0889 e. The van der Waals surface area contributed by atoms with E-state index in [4.69, 9.17) is 5.21 Å². The van der Waals surface area contributed by atoms with Crippen LogP contribution in [0.2, 0.25) is 0 Å². The third-order valence-corrected chi connectivity index (χ3v) is 3.43. The Morgan fingerprint density at radius 2 is 2.19 bits per heavy atom. The summed E-state index contributed by atoms with van der Waals surface area (Å²) in [5.41, 5.74) is 5.72. The summed E-state index contributed by atoms with van der Waals surface area (Å²) in [6, 6.07) is 6.20. The highest BCUT2D eigenvalue weighted by Gasteiger charge is 2.23. The third-order valence-electron chi connectivity index (χ3n) is 3.43. The minimum atomic E-state index is 0.836. The topological polar surface area (TPSA) is 37.0 Å². The average Bonchev–Trinajstić information content (AvgIpc) is 2.64. The van der Waals surface area contributed by atoms with E-state index in [0.29, 0.717) is 0 Å². The highest BCUT2D eigenvalue weighted by Crippen LogP contribution is 2.29. The Hall–Kier alpha value is -1.77. The zero-order valence-corrected chi connectivity index (χ0v) is 9.27. The number of pyridine rings is 1. The summed E-state index contributed by atoms with van der Waals surface area (Å²) < 4.78 is 2.22. The van der Waals surface area contributed by atoms with Gasteiger partial charge in [0.25, 0.3) is 0 Å². The van der Waals surface area contributed by atoms with Gasteiger partial charge in [-0.2, -0.15) is 0 Å². The lowest BCUT2D eigenvalue weighted by Gasteiger charge is -2.14. The van der Waals surface area contributed by atoms with Gasteiger partial charge in [-0.15, -0.1) is 0 Å². The number of fused-ring (bicyclic) bond motifs is 3. The largest absolute Gasteiger partial charge is 0.411 e. The van der Waals surface area contributed by atoms with Crippen LogP contribution in [0.1, 0.15) is 29.7 Å². The molecule has 3 nitrogen and oxygen atoms in total. The number of oxime groups is 1. The van der Waals surface area contributed by atoms with E-state index in [-0.39, 0.29) is 0 Å². The zero-order chi connectivity index (χ0) is 11.1. The SMILES string of the molecule is Cc1c2c(n3ccccc13)CCCC2=NO. The van der Waals surface area contributed by atoms with Crippen LogP contribution in [0, 0.1) is 6.92 Å². The van der Waals surface area contributed by atoms with E-state index >= 15 is 0 Å². The first-order valence-electron chi connectivity index (χ1n) is 5.62. The molecule has 0 unspecified atom stereocenters.